The molecule has 1 unspecified atom stereocenters. The largest absolute Gasteiger partial charge is 0.496 e. The molecular weight excluding hydrogens is 428 g/mol. The standard InChI is InChI=1S/C25H23ClN2O4/c1-28(15-18-12-19(26)10-11-21(18)31-2)25(30)17-7-5-8-20(13-17)27-24(29)23-14-16-6-3-4-9-22(16)32-23/h3-13,23H,14-15H2,1-2H3,(H,27,29). The third-order valence-electron chi connectivity index (χ3n) is 5.31. The van der Waals surface area contributed by atoms with Crippen LogP contribution in [0.4, 0.5) is 5.69 Å². The van der Waals surface area contributed by atoms with Gasteiger partial charge in [0.15, 0.2) is 6.10 Å². The molecule has 1 aliphatic heterocycles. The topological polar surface area (TPSA) is 67.9 Å². The molecule has 3 aromatic rings. The summed E-state index contributed by atoms with van der Waals surface area (Å²) in [7, 11) is 3.28. The number of nitrogens with one attached hydrogen (secondary N) is 1. The Bertz CT molecular complexity index is 1140. The van der Waals surface area contributed by atoms with E-state index < -0.39 is 6.10 Å². The van der Waals surface area contributed by atoms with Crippen molar-refractivity contribution in [2.24, 2.45) is 0 Å². The third kappa shape index (κ3) is 4.70. The lowest BCUT2D eigenvalue weighted by Crippen LogP contribution is -2.31. The predicted octanol–water partition coefficient (Wildman–Crippen LogP) is 4.56. The van der Waals surface area contributed by atoms with Gasteiger partial charge in [-0.3, -0.25) is 9.59 Å². The molecule has 0 aliphatic carbocycles. The Morgan fingerprint density at radius 1 is 1.12 bits per heavy atom. The van der Waals surface area contributed by atoms with Crippen LogP contribution in [0.2, 0.25) is 5.02 Å². The maximum atomic E-state index is 13.0. The lowest BCUT2D eigenvalue weighted by atomic mass is 10.1. The summed E-state index contributed by atoms with van der Waals surface area (Å²) in [6.07, 6.45) is -0.0742. The molecule has 1 N–H and O–H groups in total. The second-order valence-corrected chi connectivity index (χ2v) is 8.04. The van der Waals surface area contributed by atoms with Crippen LogP contribution in [0.15, 0.2) is 66.7 Å². The van der Waals surface area contributed by atoms with Crippen molar-refractivity contribution in [3.8, 4) is 11.5 Å². The highest BCUT2D eigenvalue weighted by atomic mass is 35.5. The number of ether oxygens (including phenoxy) is 2. The van der Waals surface area contributed by atoms with Gasteiger partial charge < -0.3 is 19.7 Å². The number of amides is 2. The molecule has 0 saturated carbocycles. The number of methoxy groups -OCH3 is 1. The zero-order valence-electron chi connectivity index (χ0n) is 17.8. The Balaban J connectivity index is 1.43. The summed E-state index contributed by atoms with van der Waals surface area (Å²) in [6, 6.07) is 19.8. The van der Waals surface area contributed by atoms with Gasteiger partial charge in [-0.2, -0.15) is 0 Å². The SMILES string of the molecule is COc1ccc(Cl)cc1CN(C)C(=O)c1cccc(NC(=O)C2Cc3ccccc3O2)c1. The molecule has 0 aromatic heterocycles. The van der Waals surface area contributed by atoms with Crippen LogP contribution >= 0.6 is 11.6 Å². The maximum Gasteiger partial charge on any atom is 0.265 e. The van der Waals surface area contributed by atoms with Crippen LogP contribution in [-0.2, 0) is 17.8 Å². The lowest BCUT2D eigenvalue weighted by Gasteiger charge is -2.20. The Labute approximate surface area is 191 Å². The molecule has 0 spiro atoms. The van der Waals surface area contributed by atoms with Crippen molar-refractivity contribution < 1.29 is 19.1 Å². The number of nitrogens with zero attached hydrogens (tertiary/aromatic N) is 1. The number of hydrogen-bond acceptors (Lipinski definition) is 4. The van der Waals surface area contributed by atoms with Gasteiger partial charge in [-0.25, -0.2) is 0 Å². The number of carbonyl (C=O) groups excluding carboxylic acids is 2. The first-order valence-electron chi connectivity index (χ1n) is 10.2. The van der Waals surface area contributed by atoms with Crippen LogP contribution in [0.5, 0.6) is 11.5 Å². The number of anilines is 1. The molecule has 0 fully saturated rings. The van der Waals surface area contributed by atoms with Crippen molar-refractivity contribution in [3.05, 3.63) is 88.4 Å². The first kappa shape index (κ1) is 21.7. The van der Waals surface area contributed by atoms with Gasteiger partial charge in [0.25, 0.3) is 11.8 Å². The quantitative estimate of drug-likeness (QED) is 0.597. The fourth-order valence-corrected chi connectivity index (χ4v) is 3.89. The molecule has 7 heteroatoms. The molecular formula is C25H23ClN2O4. The first-order chi connectivity index (χ1) is 15.4. The van der Waals surface area contributed by atoms with Gasteiger partial charge >= 0.3 is 0 Å². The Hall–Kier alpha value is -3.51. The van der Waals surface area contributed by atoms with Gasteiger partial charge in [-0.1, -0.05) is 35.9 Å². The van der Waals surface area contributed by atoms with E-state index >= 15 is 0 Å². The minimum Gasteiger partial charge on any atom is -0.496 e. The van der Waals surface area contributed by atoms with Gasteiger partial charge in [0, 0.05) is 41.9 Å². The van der Waals surface area contributed by atoms with Crippen LogP contribution in [-0.4, -0.2) is 37.0 Å². The van der Waals surface area contributed by atoms with Gasteiger partial charge in [0.1, 0.15) is 11.5 Å². The van der Waals surface area contributed by atoms with Crippen molar-refractivity contribution in [2.45, 2.75) is 19.1 Å². The lowest BCUT2D eigenvalue weighted by molar-refractivity contribution is -0.122. The molecule has 1 atom stereocenters. The second kappa shape index (κ2) is 9.32. The number of carbonyl (C=O) groups is 2. The molecule has 3 aromatic carbocycles. The summed E-state index contributed by atoms with van der Waals surface area (Å²) < 4.78 is 11.1. The minimum absolute atomic E-state index is 0.187. The molecule has 4 rings (SSSR count). The molecule has 6 nitrogen and oxygen atoms in total. The number of hydrogen-bond donors (Lipinski definition) is 1. The minimum atomic E-state index is -0.593. The van der Waals surface area contributed by atoms with Crippen molar-refractivity contribution in [1.82, 2.24) is 4.90 Å². The van der Waals surface area contributed by atoms with E-state index in [9.17, 15) is 9.59 Å². The number of benzene rings is 3. The highest BCUT2D eigenvalue weighted by molar-refractivity contribution is 6.30. The Kier molecular flexibility index (Phi) is 6.32. The molecule has 0 bridgehead atoms. The van der Waals surface area contributed by atoms with Crippen LogP contribution < -0.4 is 14.8 Å². The van der Waals surface area contributed by atoms with E-state index in [1.807, 2.05) is 24.3 Å². The zero-order chi connectivity index (χ0) is 22.7. The summed E-state index contributed by atoms with van der Waals surface area (Å²) in [5, 5.41) is 3.43. The highest BCUT2D eigenvalue weighted by Gasteiger charge is 2.29. The van der Waals surface area contributed by atoms with Gasteiger partial charge in [-0.05, 0) is 48.0 Å². The van der Waals surface area contributed by atoms with Gasteiger partial charge in [0.05, 0.1) is 7.11 Å². The summed E-state index contributed by atoms with van der Waals surface area (Å²) in [5.74, 6) is 0.956. The maximum absolute atomic E-state index is 13.0. The van der Waals surface area contributed by atoms with Crippen molar-refractivity contribution in [2.75, 3.05) is 19.5 Å². The van der Waals surface area contributed by atoms with Gasteiger partial charge in [-0.15, -0.1) is 0 Å². The van der Waals surface area contributed by atoms with E-state index in [4.69, 9.17) is 21.1 Å². The molecule has 32 heavy (non-hydrogen) atoms. The van der Waals surface area contributed by atoms with Crippen LogP contribution in [0.1, 0.15) is 21.5 Å². The van der Waals surface area contributed by atoms with Crippen molar-refractivity contribution >= 4 is 29.1 Å². The monoisotopic (exact) mass is 450 g/mol. The van der Waals surface area contributed by atoms with E-state index in [2.05, 4.69) is 5.32 Å². The van der Waals surface area contributed by atoms with Crippen LogP contribution in [0.25, 0.3) is 0 Å². The number of fused-ring (bicyclic) bond motifs is 1. The summed E-state index contributed by atoms with van der Waals surface area (Å²) in [5.41, 5.74) is 2.81. The molecule has 1 aliphatic rings. The third-order valence-corrected chi connectivity index (χ3v) is 5.55. The van der Waals surface area contributed by atoms with E-state index in [-0.39, 0.29) is 11.8 Å². The molecule has 0 radical (unpaired) electrons. The summed E-state index contributed by atoms with van der Waals surface area (Å²) in [6.45, 7) is 0.327. The average Bonchev–Trinajstić information content (AvgIpc) is 3.23. The number of rotatable bonds is 6. The Morgan fingerprint density at radius 3 is 2.72 bits per heavy atom. The molecule has 0 saturated heterocycles. The van der Waals surface area contributed by atoms with E-state index in [1.54, 1.807) is 61.5 Å². The fourth-order valence-electron chi connectivity index (χ4n) is 3.70. The fraction of sp³-hybridized carbons (Fsp3) is 0.200. The number of halogens is 1. The van der Waals surface area contributed by atoms with Gasteiger partial charge in [0.2, 0.25) is 0 Å². The molecule has 2 amide bonds. The highest BCUT2D eigenvalue weighted by Crippen LogP contribution is 2.29. The van der Waals surface area contributed by atoms with E-state index in [0.29, 0.717) is 35.0 Å². The van der Waals surface area contributed by atoms with Crippen LogP contribution in [0, 0.1) is 0 Å². The Morgan fingerprint density at radius 2 is 1.94 bits per heavy atom. The normalized spacial score (nSPS) is 14.3. The second-order valence-electron chi connectivity index (χ2n) is 7.61. The van der Waals surface area contributed by atoms with E-state index in [0.717, 1.165) is 16.9 Å². The smallest absolute Gasteiger partial charge is 0.265 e. The number of para-hydroxylation sites is 1. The predicted molar refractivity (Wildman–Crippen MR) is 123 cm³/mol. The van der Waals surface area contributed by atoms with Crippen molar-refractivity contribution in [1.29, 1.82) is 0 Å². The summed E-state index contributed by atoms with van der Waals surface area (Å²) >= 11 is 6.10. The van der Waals surface area contributed by atoms with Crippen molar-refractivity contribution in [3.63, 3.8) is 0 Å². The molecule has 1 heterocycles. The molecule has 164 valence electrons. The van der Waals surface area contributed by atoms with Crippen LogP contribution in [0.3, 0.4) is 0 Å². The van der Waals surface area contributed by atoms with E-state index in [1.165, 1.54) is 0 Å². The average molecular weight is 451 g/mol. The zero-order valence-corrected chi connectivity index (χ0v) is 18.6. The summed E-state index contributed by atoms with van der Waals surface area (Å²) in [4.78, 5) is 27.3. The first-order valence-corrected chi connectivity index (χ1v) is 10.6.